The van der Waals surface area contributed by atoms with Gasteiger partial charge in [-0.25, -0.2) is 0 Å². The highest BCUT2D eigenvalue weighted by atomic mass is 32.1. The van der Waals surface area contributed by atoms with E-state index in [4.69, 9.17) is 0 Å². The Morgan fingerprint density at radius 3 is 3.07 bits per heavy atom. The van der Waals surface area contributed by atoms with Crippen LogP contribution in [0.2, 0.25) is 0 Å². The second kappa shape index (κ2) is 4.63. The Bertz CT molecular complexity index is 516. The maximum Gasteiger partial charge on any atom is 0.333 e. The number of aliphatic imine (C=N–C) groups is 1. The minimum absolute atomic E-state index is 0.809. The molecule has 1 aliphatic rings. The van der Waals surface area contributed by atoms with Crippen molar-refractivity contribution in [3.05, 3.63) is 42.0 Å². The fourth-order valence-corrected chi connectivity index (χ4v) is 1.50. The molecule has 0 saturated carbocycles. The van der Waals surface area contributed by atoms with Gasteiger partial charge in [0, 0.05) is 6.08 Å². The summed E-state index contributed by atoms with van der Waals surface area (Å²) in [5.74, 6) is 0. The van der Waals surface area contributed by atoms with Gasteiger partial charge in [-0.3, -0.25) is 0 Å². The van der Waals surface area contributed by atoms with E-state index < -0.39 is 0 Å². The number of benzene rings is 1. The number of nitrogens with zero attached hydrogens (tertiary/aromatic N) is 2. The number of thiocarbonyl (C=S) groups is 1. The van der Waals surface area contributed by atoms with Crippen LogP contribution in [-0.4, -0.2) is 17.1 Å². The standard InChI is InChI=1S/C12H9N2S/c15-9-14-11-5-3-4-10(8-11)12-6-1-2-7-13-12/h1,3-8H,2H2/q+1. The van der Waals surface area contributed by atoms with Crippen LogP contribution in [0.5, 0.6) is 0 Å². The average Bonchev–Trinajstić information content (AvgIpc) is 2.31. The molecule has 15 heavy (non-hydrogen) atoms. The highest BCUT2D eigenvalue weighted by molar-refractivity contribution is 7.78. The van der Waals surface area contributed by atoms with Gasteiger partial charge in [-0.05, 0) is 30.4 Å². The van der Waals surface area contributed by atoms with Crippen LogP contribution in [0.3, 0.4) is 0 Å². The topological polar surface area (TPSA) is 26.5 Å². The quantitative estimate of drug-likeness (QED) is 0.420. The van der Waals surface area contributed by atoms with Gasteiger partial charge in [0.05, 0.1) is 22.8 Å². The van der Waals surface area contributed by atoms with Crippen molar-refractivity contribution in [2.24, 2.45) is 4.99 Å². The van der Waals surface area contributed by atoms with Crippen LogP contribution in [0.15, 0.2) is 41.4 Å². The highest BCUT2D eigenvalue weighted by Gasteiger charge is 2.11. The Labute approximate surface area is 93.4 Å². The highest BCUT2D eigenvalue weighted by Crippen LogP contribution is 2.14. The first-order valence-electron chi connectivity index (χ1n) is 4.64. The molecular weight excluding hydrogens is 204 g/mol. The summed E-state index contributed by atoms with van der Waals surface area (Å²) >= 11 is 4.57. The predicted octanol–water partition coefficient (Wildman–Crippen LogP) is 2.31. The third-order valence-corrected chi connectivity index (χ3v) is 2.16. The molecule has 0 atom stereocenters. The Morgan fingerprint density at radius 1 is 1.40 bits per heavy atom. The monoisotopic (exact) mass is 213 g/mol. The molecule has 0 N–H and O–H groups in total. The number of hydrogen-bond acceptors (Lipinski definition) is 2. The summed E-state index contributed by atoms with van der Waals surface area (Å²) in [6, 6.07) is 7.78. The number of hydrogen-bond donors (Lipinski definition) is 0. The molecule has 0 aliphatic carbocycles. The summed E-state index contributed by atoms with van der Waals surface area (Å²) in [5, 5.41) is 2.36. The third-order valence-electron chi connectivity index (χ3n) is 2.06. The summed E-state index contributed by atoms with van der Waals surface area (Å²) in [5.41, 5.74) is 2.82. The Hall–Kier alpha value is -1.79. The zero-order valence-corrected chi connectivity index (χ0v) is 8.87. The van der Waals surface area contributed by atoms with Crippen LogP contribution in [-0.2, 0) is 0 Å². The van der Waals surface area contributed by atoms with Crippen LogP contribution in [0.1, 0.15) is 12.0 Å². The van der Waals surface area contributed by atoms with Crippen LogP contribution < -0.4 is 4.67 Å². The maximum absolute atomic E-state index is 4.57. The van der Waals surface area contributed by atoms with Gasteiger partial charge >= 0.3 is 5.71 Å². The van der Waals surface area contributed by atoms with E-state index in [9.17, 15) is 0 Å². The zero-order chi connectivity index (χ0) is 10.5. The molecule has 0 spiro atoms. The van der Waals surface area contributed by atoms with Crippen molar-refractivity contribution >= 4 is 35.0 Å². The van der Waals surface area contributed by atoms with Crippen LogP contribution in [0.25, 0.3) is 0 Å². The molecule has 72 valence electrons. The molecule has 1 aromatic rings. The van der Waals surface area contributed by atoms with E-state index in [0.717, 1.165) is 23.4 Å². The SMILES string of the molecule is S=C=Nc1cccc(C2=[N+]=CCC=C2)c1. The van der Waals surface area contributed by atoms with Crippen molar-refractivity contribution in [3.63, 3.8) is 0 Å². The van der Waals surface area contributed by atoms with Gasteiger partial charge in [-0.1, -0.05) is 16.8 Å². The van der Waals surface area contributed by atoms with Gasteiger partial charge in [0.15, 0.2) is 0 Å². The lowest BCUT2D eigenvalue weighted by Gasteiger charge is -1.94. The van der Waals surface area contributed by atoms with Crippen molar-refractivity contribution in [1.29, 1.82) is 0 Å². The molecule has 1 aromatic carbocycles. The van der Waals surface area contributed by atoms with Crippen molar-refractivity contribution < 1.29 is 0 Å². The van der Waals surface area contributed by atoms with E-state index in [-0.39, 0.29) is 0 Å². The average molecular weight is 213 g/mol. The molecule has 1 aliphatic heterocycles. The van der Waals surface area contributed by atoms with E-state index in [0.29, 0.717) is 0 Å². The smallest absolute Gasteiger partial charge is 0.195 e. The van der Waals surface area contributed by atoms with E-state index >= 15 is 0 Å². The minimum Gasteiger partial charge on any atom is -0.195 e. The third kappa shape index (κ3) is 2.36. The van der Waals surface area contributed by atoms with Crippen LogP contribution in [0.4, 0.5) is 5.69 Å². The second-order valence-corrected chi connectivity index (χ2v) is 3.27. The van der Waals surface area contributed by atoms with Gasteiger partial charge in [-0.15, -0.1) is 0 Å². The maximum atomic E-state index is 4.57. The van der Waals surface area contributed by atoms with Crippen molar-refractivity contribution in [2.45, 2.75) is 6.42 Å². The Balaban J connectivity index is 2.45. The first-order chi connectivity index (χ1) is 7.40. The molecule has 3 heteroatoms. The summed E-state index contributed by atoms with van der Waals surface area (Å²) in [6.07, 6.45) is 6.89. The molecule has 2 rings (SSSR count). The van der Waals surface area contributed by atoms with Crippen molar-refractivity contribution in [2.75, 3.05) is 0 Å². The molecule has 0 saturated heterocycles. The second-order valence-electron chi connectivity index (χ2n) is 3.09. The molecule has 0 fully saturated rings. The molecule has 0 unspecified atom stereocenters. The summed E-state index contributed by atoms with van der Waals surface area (Å²) < 4.78 is 4.32. The van der Waals surface area contributed by atoms with Gasteiger partial charge in [0.1, 0.15) is 0 Å². The Morgan fingerprint density at radius 2 is 2.33 bits per heavy atom. The van der Waals surface area contributed by atoms with Crippen LogP contribution >= 0.6 is 12.2 Å². The first kappa shape index (κ1) is 9.75. The van der Waals surface area contributed by atoms with Gasteiger partial charge < -0.3 is 0 Å². The molecule has 0 radical (unpaired) electrons. The molecular formula is C12H9N2S+. The van der Waals surface area contributed by atoms with Crippen molar-refractivity contribution in [1.82, 2.24) is 4.67 Å². The summed E-state index contributed by atoms with van der Waals surface area (Å²) in [4.78, 5) is 3.94. The zero-order valence-electron chi connectivity index (χ0n) is 8.05. The largest absolute Gasteiger partial charge is 0.333 e. The lowest BCUT2D eigenvalue weighted by molar-refractivity contribution is 1.44. The van der Waals surface area contributed by atoms with Crippen molar-refractivity contribution in [3.8, 4) is 0 Å². The van der Waals surface area contributed by atoms with E-state index in [1.807, 2.05) is 36.6 Å². The van der Waals surface area contributed by atoms with E-state index in [1.54, 1.807) is 0 Å². The summed E-state index contributed by atoms with van der Waals surface area (Å²) in [6.45, 7) is 0. The lowest BCUT2D eigenvalue weighted by atomic mass is 10.1. The predicted molar refractivity (Wildman–Crippen MR) is 67.2 cm³/mol. The summed E-state index contributed by atoms with van der Waals surface area (Å²) in [7, 11) is 0. The molecule has 0 bridgehead atoms. The van der Waals surface area contributed by atoms with E-state index in [2.05, 4.69) is 33.1 Å². The molecule has 0 aromatic heterocycles. The normalized spacial score (nSPS) is 13.2. The number of isothiocyanates is 1. The fraction of sp³-hybridized carbons (Fsp3) is 0.0833. The van der Waals surface area contributed by atoms with Crippen LogP contribution in [0, 0.1) is 0 Å². The molecule has 1 heterocycles. The fourth-order valence-electron chi connectivity index (χ4n) is 1.39. The number of rotatable bonds is 2. The lowest BCUT2D eigenvalue weighted by Crippen LogP contribution is -2.04. The minimum atomic E-state index is 0.809. The van der Waals surface area contributed by atoms with Gasteiger partial charge in [-0.2, -0.15) is 4.99 Å². The molecule has 0 amide bonds. The molecule has 2 nitrogen and oxygen atoms in total. The number of allylic oxidation sites excluding steroid dienone is 2. The van der Waals surface area contributed by atoms with Gasteiger partial charge in [0.2, 0.25) is 0 Å². The van der Waals surface area contributed by atoms with E-state index in [1.165, 1.54) is 0 Å². The van der Waals surface area contributed by atoms with Gasteiger partial charge in [0.25, 0.3) is 6.21 Å². The first-order valence-corrected chi connectivity index (χ1v) is 5.05. The Kier molecular flexibility index (Phi) is 3.01.